The normalized spacial score (nSPS) is 11.0. The zero-order valence-corrected chi connectivity index (χ0v) is 14.2. The monoisotopic (exact) mass is 302 g/mol. The smallest absolute Gasteiger partial charge is 0.161 e. The Labute approximate surface area is 133 Å². The Balaban J connectivity index is 2.60. The second-order valence-corrected chi connectivity index (χ2v) is 5.60. The van der Waals surface area contributed by atoms with Crippen LogP contribution in [0.25, 0.3) is 0 Å². The highest BCUT2D eigenvalue weighted by atomic mass is 16.5. The maximum Gasteiger partial charge on any atom is 0.161 e. The fourth-order valence-electron chi connectivity index (χ4n) is 1.97. The molecule has 0 bridgehead atoms. The lowest BCUT2D eigenvalue weighted by atomic mass is 10.1. The van der Waals surface area contributed by atoms with Gasteiger partial charge >= 0.3 is 0 Å². The van der Waals surface area contributed by atoms with E-state index in [9.17, 15) is 4.79 Å². The van der Waals surface area contributed by atoms with Crippen molar-refractivity contribution in [2.75, 3.05) is 13.7 Å². The Morgan fingerprint density at radius 3 is 2.41 bits per heavy atom. The minimum absolute atomic E-state index is 0.0138. The van der Waals surface area contributed by atoms with E-state index in [1.54, 1.807) is 25.3 Å². The topological polar surface area (TPSA) is 35.5 Å². The van der Waals surface area contributed by atoms with Crippen LogP contribution in [0.2, 0.25) is 0 Å². The first-order valence-corrected chi connectivity index (χ1v) is 7.54. The van der Waals surface area contributed by atoms with Crippen LogP contribution >= 0.6 is 0 Å². The molecule has 0 amide bonds. The predicted molar refractivity (Wildman–Crippen MR) is 90.9 cm³/mol. The molecule has 120 valence electrons. The number of allylic oxidation sites excluding steroid dienone is 3. The fraction of sp³-hybridized carbons (Fsp3) is 0.421. The third-order valence-electron chi connectivity index (χ3n) is 3.33. The molecule has 1 rings (SSSR count). The number of carbonyl (C=O) groups excluding carboxylic acids is 1. The second-order valence-electron chi connectivity index (χ2n) is 5.60. The zero-order valence-electron chi connectivity index (χ0n) is 14.2. The number of benzene rings is 1. The summed E-state index contributed by atoms with van der Waals surface area (Å²) < 4.78 is 11.0. The lowest BCUT2D eigenvalue weighted by molar-refractivity contribution is 0.101. The number of hydrogen-bond donors (Lipinski definition) is 0. The summed E-state index contributed by atoms with van der Waals surface area (Å²) in [6.45, 7) is 8.36. The van der Waals surface area contributed by atoms with Crippen LogP contribution in [0, 0.1) is 0 Å². The summed E-state index contributed by atoms with van der Waals surface area (Å²) in [5.41, 5.74) is 3.27. The van der Waals surface area contributed by atoms with Gasteiger partial charge in [-0.3, -0.25) is 4.79 Å². The number of hydrogen-bond acceptors (Lipinski definition) is 3. The lowest BCUT2D eigenvalue weighted by Gasteiger charge is -2.10. The summed E-state index contributed by atoms with van der Waals surface area (Å²) in [6, 6.07) is 5.25. The van der Waals surface area contributed by atoms with Gasteiger partial charge in [0.25, 0.3) is 0 Å². The molecule has 0 unspecified atom stereocenters. The van der Waals surface area contributed by atoms with Gasteiger partial charge in [-0.25, -0.2) is 0 Å². The molecule has 3 nitrogen and oxygen atoms in total. The summed E-state index contributed by atoms with van der Waals surface area (Å²) in [5.74, 6) is 1.25. The molecule has 0 saturated heterocycles. The minimum Gasteiger partial charge on any atom is -0.493 e. The van der Waals surface area contributed by atoms with Crippen LogP contribution in [-0.4, -0.2) is 19.5 Å². The summed E-state index contributed by atoms with van der Waals surface area (Å²) in [7, 11) is 1.58. The van der Waals surface area contributed by atoms with Crippen molar-refractivity contribution in [3.05, 3.63) is 47.1 Å². The molecule has 0 N–H and O–H groups in total. The largest absolute Gasteiger partial charge is 0.493 e. The van der Waals surface area contributed by atoms with Crippen molar-refractivity contribution >= 4 is 5.78 Å². The predicted octanol–water partition coefficient (Wildman–Crippen LogP) is 4.97. The van der Waals surface area contributed by atoms with Gasteiger partial charge in [0.15, 0.2) is 17.3 Å². The molecular formula is C19H26O3. The van der Waals surface area contributed by atoms with Gasteiger partial charge in [-0.1, -0.05) is 17.2 Å². The lowest BCUT2D eigenvalue weighted by Crippen LogP contribution is -2.00. The quantitative estimate of drug-likeness (QED) is 0.502. The van der Waals surface area contributed by atoms with Crippen LogP contribution in [0.15, 0.2) is 41.5 Å². The van der Waals surface area contributed by atoms with Gasteiger partial charge in [0.1, 0.15) is 6.61 Å². The van der Waals surface area contributed by atoms with E-state index in [0.717, 1.165) is 12.8 Å². The molecule has 0 radical (unpaired) electrons. The highest BCUT2D eigenvalue weighted by molar-refractivity contribution is 5.94. The molecule has 3 heteroatoms. The molecular weight excluding hydrogens is 276 g/mol. The van der Waals surface area contributed by atoms with Gasteiger partial charge in [0, 0.05) is 5.56 Å². The molecule has 1 aromatic rings. The first kappa shape index (κ1) is 18.0. The third kappa shape index (κ3) is 6.17. The van der Waals surface area contributed by atoms with Crippen molar-refractivity contribution < 1.29 is 14.3 Å². The van der Waals surface area contributed by atoms with E-state index in [-0.39, 0.29) is 5.78 Å². The van der Waals surface area contributed by atoms with Crippen molar-refractivity contribution in [1.29, 1.82) is 0 Å². The summed E-state index contributed by atoms with van der Waals surface area (Å²) in [6.07, 6.45) is 6.41. The molecule has 0 fully saturated rings. The molecule has 1 aromatic carbocycles. The van der Waals surface area contributed by atoms with Crippen molar-refractivity contribution in [3.8, 4) is 11.5 Å². The maximum atomic E-state index is 11.4. The molecule has 0 aromatic heterocycles. The van der Waals surface area contributed by atoms with Crippen LogP contribution in [0.3, 0.4) is 0 Å². The maximum absolute atomic E-state index is 11.4. The number of Topliss-reactive ketones (excluding diaryl/α,β-unsaturated/α-hetero) is 1. The standard InChI is InChI=1S/C19H26O3/c1-14(2)7-6-8-15(3)11-12-22-18-10-9-17(16(4)20)13-19(18)21-5/h7,9-11,13H,6,8,12H2,1-5H3. The number of rotatable bonds is 8. The SMILES string of the molecule is COc1cc(C(C)=O)ccc1OCC=C(C)CCC=C(C)C. The Kier molecular flexibility index (Phi) is 7.44. The first-order chi connectivity index (χ1) is 10.4. The fourth-order valence-corrected chi connectivity index (χ4v) is 1.97. The highest BCUT2D eigenvalue weighted by Crippen LogP contribution is 2.28. The summed E-state index contributed by atoms with van der Waals surface area (Å²) in [4.78, 5) is 11.4. The van der Waals surface area contributed by atoms with Crippen molar-refractivity contribution in [2.24, 2.45) is 0 Å². The van der Waals surface area contributed by atoms with E-state index in [4.69, 9.17) is 9.47 Å². The van der Waals surface area contributed by atoms with Crippen LogP contribution in [0.5, 0.6) is 11.5 Å². The number of methoxy groups -OCH3 is 1. The average molecular weight is 302 g/mol. The zero-order chi connectivity index (χ0) is 16.5. The number of ether oxygens (including phenoxy) is 2. The minimum atomic E-state index is 0.0138. The van der Waals surface area contributed by atoms with Crippen molar-refractivity contribution in [3.63, 3.8) is 0 Å². The van der Waals surface area contributed by atoms with E-state index >= 15 is 0 Å². The van der Waals surface area contributed by atoms with E-state index in [1.165, 1.54) is 18.1 Å². The highest BCUT2D eigenvalue weighted by Gasteiger charge is 2.07. The first-order valence-electron chi connectivity index (χ1n) is 7.54. The molecule has 0 aliphatic heterocycles. The van der Waals surface area contributed by atoms with Crippen molar-refractivity contribution in [2.45, 2.75) is 40.5 Å². The molecule has 0 atom stereocenters. The van der Waals surface area contributed by atoms with Crippen LogP contribution in [0.1, 0.15) is 50.9 Å². The third-order valence-corrected chi connectivity index (χ3v) is 3.33. The Morgan fingerprint density at radius 2 is 1.82 bits per heavy atom. The summed E-state index contributed by atoms with van der Waals surface area (Å²) >= 11 is 0. The van der Waals surface area contributed by atoms with Gasteiger partial charge in [-0.05, 0) is 64.8 Å². The Morgan fingerprint density at radius 1 is 1.09 bits per heavy atom. The van der Waals surface area contributed by atoms with Gasteiger partial charge in [0.05, 0.1) is 7.11 Å². The van der Waals surface area contributed by atoms with Crippen LogP contribution in [0.4, 0.5) is 0 Å². The van der Waals surface area contributed by atoms with Gasteiger partial charge in [0.2, 0.25) is 0 Å². The van der Waals surface area contributed by atoms with E-state index in [0.29, 0.717) is 23.7 Å². The van der Waals surface area contributed by atoms with Gasteiger partial charge < -0.3 is 9.47 Å². The Hall–Kier alpha value is -2.03. The summed E-state index contributed by atoms with van der Waals surface area (Å²) in [5, 5.41) is 0. The molecule has 0 saturated carbocycles. The molecule has 0 aliphatic carbocycles. The van der Waals surface area contributed by atoms with E-state index in [2.05, 4.69) is 32.9 Å². The second kappa shape index (κ2) is 9.08. The number of carbonyl (C=O) groups is 1. The molecule has 0 spiro atoms. The molecule has 22 heavy (non-hydrogen) atoms. The molecule has 0 aliphatic rings. The Bertz CT molecular complexity index is 564. The van der Waals surface area contributed by atoms with Gasteiger partial charge in [-0.2, -0.15) is 0 Å². The molecule has 0 heterocycles. The average Bonchev–Trinajstić information content (AvgIpc) is 2.46. The van der Waals surface area contributed by atoms with Crippen LogP contribution in [-0.2, 0) is 0 Å². The van der Waals surface area contributed by atoms with E-state index in [1.807, 2.05) is 0 Å². The van der Waals surface area contributed by atoms with Crippen LogP contribution < -0.4 is 9.47 Å². The van der Waals surface area contributed by atoms with E-state index < -0.39 is 0 Å². The van der Waals surface area contributed by atoms with Gasteiger partial charge in [-0.15, -0.1) is 0 Å². The number of ketones is 1. The van der Waals surface area contributed by atoms with Crippen molar-refractivity contribution in [1.82, 2.24) is 0 Å².